The molecule has 0 bridgehead atoms. The molecule has 0 saturated heterocycles. The topological polar surface area (TPSA) is 74.9 Å². The molecule has 2 aromatic rings. The molecule has 0 fully saturated rings. The van der Waals surface area contributed by atoms with E-state index in [0.717, 1.165) is 11.3 Å². The number of allylic oxidation sites excluding steroid dienone is 1. The van der Waals surface area contributed by atoms with Crippen LogP contribution in [0, 0.1) is 0 Å². The quantitative estimate of drug-likeness (QED) is 0.613. The van der Waals surface area contributed by atoms with Gasteiger partial charge in [-0.1, -0.05) is 12.1 Å². The molecule has 0 radical (unpaired) electrons. The van der Waals surface area contributed by atoms with E-state index in [2.05, 4.69) is 16.0 Å². The molecule has 30 heavy (non-hydrogen) atoms. The van der Waals surface area contributed by atoms with Gasteiger partial charge in [-0.15, -0.1) is 0 Å². The summed E-state index contributed by atoms with van der Waals surface area (Å²) in [6, 6.07) is 12.9. The molecule has 0 saturated carbocycles. The summed E-state index contributed by atoms with van der Waals surface area (Å²) in [6.07, 6.45) is 0. The van der Waals surface area contributed by atoms with Crippen LogP contribution in [0.3, 0.4) is 0 Å². The van der Waals surface area contributed by atoms with Crippen LogP contribution in [0.15, 0.2) is 53.7 Å². The summed E-state index contributed by atoms with van der Waals surface area (Å²) in [6.45, 7) is 1.84. The number of nitrogens with zero attached hydrogens (tertiary/aromatic N) is 1. The molecule has 0 aliphatic carbocycles. The molecule has 1 heterocycles. The van der Waals surface area contributed by atoms with Gasteiger partial charge in [0.15, 0.2) is 5.11 Å². The SMILES string of the molecule is COc1ccc(OC)c(NC(=O)C2=C(C)NC(=S)NC2c2ccc(N(C)C)cc2)c1. The van der Waals surface area contributed by atoms with Gasteiger partial charge in [0.05, 0.1) is 31.5 Å². The Bertz CT molecular complexity index is 986. The second-order valence-corrected chi connectivity index (χ2v) is 7.48. The molecule has 1 atom stereocenters. The normalized spacial score (nSPS) is 15.8. The lowest BCUT2D eigenvalue weighted by Crippen LogP contribution is -2.45. The van der Waals surface area contributed by atoms with E-state index in [0.29, 0.717) is 33.6 Å². The Labute approximate surface area is 182 Å². The van der Waals surface area contributed by atoms with E-state index in [1.54, 1.807) is 32.4 Å². The van der Waals surface area contributed by atoms with Gasteiger partial charge >= 0.3 is 0 Å². The second-order valence-electron chi connectivity index (χ2n) is 7.08. The zero-order valence-electron chi connectivity index (χ0n) is 17.7. The van der Waals surface area contributed by atoms with Crippen LogP contribution in [0.4, 0.5) is 11.4 Å². The molecule has 1 aliphatic rings. The van der Waals surface area contributed by atoms with Crippen molar-refractivity contribution in [2.24, 2.45) is 0 Å². The van der Waals surface area contributed by atoms with E-state index in [-0.39, 0.29) is 11.9 Å². The van der Waals surface area contributed by atoms with E-state index < -0.39 is 0 Å². The first-order chi connectivity index (χ1) is 14.3. The largest absolute Gasteiger partial charge is 0.497 e. The average Bonchev–Trinajstić information content (AvgIpc) is 2.73. The minimum Gasteiger partial charge on any atom is -0.497 e. The number of hydrogen-bond donors (Lipinski definition) is 3. The molecular formula is C22H26N4O3S. The number of ether oxygens (including phenoxy) is 2. The second kappa shape index (κ2) is 9.04. The van der Waals surface area contributed by atoms with Crippen LogP contribution in [0.5, 0.6) is 11.5 Å². The zero-order chi connectivity index (χ0) is 21.8. The fourth-order valence-electron chi connectivity index (χ4n) is 3.31. The van der Waals surface area contributed by atoms with Crippen molar-refractivity contribution in [1.82, 2.24) is 10.6 Å². The number of thiocarbonyl (C=S) groups is 1. The number of carbonyl (C=O) groups excluding carboxylic acids is 1. The van der Waals surface area contributed by atoms with E-state index in [1.807, 2.05) is 50.2 Å². The Balaban J connectivity index is 1.95. The number of amides is 1. The lowest BCUT2D eigenvalue weighted by atomic mass is 9.94. The third-order valence-electron chi connectivity index (χ3n) is 4.91. The number of benzene rings is 2. The molecule has 8 heteroatoms. The maximum atomic E-state index is 13.3. The summed E-state index contributed by atoms with van der Waals surface area (Å²) in [4.78, 5) is 15.3. The van der Waals surface area contributed by atoms with Crippen molar-refractivity contribution in [3.8, 4) is 11.5 Å². The molecule has 0 spiro atoms. The number of anilines is 2. The first kappa shape index (κ1) is 21.4. The number of hydrogen-bond acceptors (Lipinski definition) is 5. The highest BCUT2D eigenvalue weighted by Crippen LogP contribution is 2.32. The number of rotatable bonds is 6. The fraction of sp³-hybridized carbons (Fsp3) is 0.273. The Hall–Kier alpha value is -3.26. The van der Waals surface area contributed by atoms with Crippen molar-refractivity contribution < 1.29 is 14.3 Å². The van der Waals surface area contributed by atoms with Gasteiger partial charge in [-0.3, -0.25) is 4.79 Å². The first-order valence-electron chi connectivity index (χ1n) is 9.43. The van der Waals surface area contributed by atoms with Crippen LogP contribution < -0.4 is 30.3 Å². The molecule has 0 aromatic heterocycles. The van der Waals surface area contributed by atoms with E-state index in [4.69, 9.17) is 21.7 Å². The van der Waals surface area contributed by atoms with Crippen LogP contribution in [-0.2, 0) is 4.79 Å². The minimum absolute atomic E-state index is 0.261. The van der Waals surface area contributed by atoms with Gasteiger partial charge in [0.1, 0.15) is 11.5 Å². The van der Waals surface area contributed by atoms with Crippen LogP contribution in [0.2, 0.25) is 0 Å². The highest BCUT2D eigenvalue weighted by Gasteiger charge is 2.30. The smallest absolute Gasteiger partial charge is 0.255 e. The van der Waals surface area contributed by atoms with Crippen molar-refractivity contribution in [3.05, 3.63) is 59.3 Å². The lowest BCUT2D eigenvalue weighted by molar-refractivity contribution is -0.113. The maximum Gasteiger partial charge on any atom is 0.255 e. The van der Waals surface area contributed by atoms with Crippen molar-refractivity contribution in [2.45, 2.75) is 13.0 Å². The number of methoxy groups -OCH3 is 2. The van der Waals surface area contributed by atoms with Gasteiger partial charge < -0.3 is 30.3 Å². The Kier molecular flexibility index (Phi) is 6.47. The van der Waals surface area contributed by atoms with Gasteiger partial charge in [-0.05, 0) is 49.0 Å². The lowest BCUT2D eigenvalue weighted by Gasteiger charge is -2.30. The molecule has 3 N–H and O–H groups in total. The minimum atomic E-state index is -0.383. The predicted molar refractivity (Wildman–Crippen MR) is 123 cm³/mol. The molecule has 2 aromatic carbocycles. The van der Waals surface area contributed by atoms with E-state index >= 15 is 0 Å². The molecule has 1 aliphatic heterocycles. The monoisotopic (exact) mass is 426 g/mol. The average molecular weight is 427 g/mol. The maximum absolute atomic E-state index is 13.3. The first-order valence-corrected chi connectivity index (χ1v) is 9.83. The number of carbonyl (C=O) groups is 1. The highest BCUT2D eigenvalue weighted by molar-refractivity contribution is 7.80. The van der Waals surface area contributed by atoms with Crippen LogP contribution in [0.25, 0.3) is 0 Å². The Morgan fingerprint density at radius 2 is 1.80 bits per heavy atom. The van der Waals surface area contributed by atoms with Gasteiger partial charge in [-0.25, -0.2) is 0 Å². The molecule has 1 amide bonds. The van der Waals surface area contributed by atoms with Crippen molar-refractivity contribution >= 4 is 34.6 Å². The molecular weight excluding hydrogens is 400 g/mol. The molecule has 158 valence electrons. The summed E-state index contributed by atoms with van der Waals surface area (Å²) in [5.41, 5.74) is 3.78. The molecule has 1 unspecified atom stereocenters. The van der Waals surface area contributed by atoms with Gasteiger partial charge in [0.25, 0.3) is 5.91 Å². The van der Waals surface area contributed by atoms with Crippen molar-refractivity contribution in [3.63, 3.8) is 0 Å². The van der Waals surface area contributed by atoms with Gasteiger partial charge in [-0.2, -0.15) is 0 Å². The summed E-state index contributed by atoms with van der Waals surface area (Å²) in [5, 5.41) is 9.69. The zero-order valence-corrected chi connectivity index (χ0v) is 18.5. The van der Waals surface area contributed by atoms with Crippen molar-refractivity contribution in [2.75, 3.05) is 38.5 Å². The summed E-state index contributed by atoms with van der Waals surface area (Å²) < 4.78 is 10.7. The van der Waals surface area contributed by atoms with Crippen LogP contribution >= 0.6 is 12.2 Å². The summed E-state index contributed by atoms with van der Waals surface area (Å²) >= 11 is 5.34. The number of nitrogens with one attached hydrogen (secondary N) is 3. The van der Waals surface area contributed by atoms with Crippen LogP contribution in [-0.4, -0.2) is 39.3 Å². The predicted octanol–water partition coefficient (Wildman–Crippen LogP) is 3.20. The third kappa shape index (κ3) is 4.49. The van der Waals surface area contributed by atoms with Crippen LogP contribution in [0.1, 0.15) is 18.5 Å². The molecule has 7 nitrogen and oxygen atoms in total. The standard InChI is InChI=1S/C22H26N4O3S/c1-13-19(21(27)24-17-12-16(28-4)10-11-18(17)29-5)20(25-22(30)23-13)14-6-8-15(9-7-14)26(2)3/h6-12,20H,1-5H3,(H,24,27)(H2,23,25,30). The van der Waals surface area contributed by atoms with E-state index in [9.17, 15) is 4.79 Å². The fourth-order valence-corrected chi connectivity index (χ4v) is 3.58. The highest BCUT2D eigenvalue weighted by atomic mass is 32.1. The Morgan fingerprint density at radius 3 is 2.40 bits per heavy atom. The summed E-state index contributed by atoms with van der Waals surface area (Å²) in [7, 11) is 7.09. The Morgan fingerprint density at radius 1 is 1.10 bits per heavy atom. The van der Waals surface area contributed by atoms with Crippen molar-refractivity contribution in [1.29, 1.82) is 0 Å². The summed E-state index contributed by atoms with van der Waals surface area (Å²) in [5.74, 6) is 0.901. The van der Waals surface area contributed by atoms with Gasteiger partial charge in [0.2, 0.25) is 0 Å². The molecule has 3 rings (SSSR count). The van der Waals surface area contributed by atoms with E-state index in [1.165, 1.54) is 0 Å². The van der Waals surface area contributed by atoms with Gasteiger partial charge in [0, 0.05) is 31.5 Å². The third-order valence-corrected chi connectivity index (χ3v) is 5.13.